The summed E-state index contributed by atoms with van der Waals surface area (Å²) in [5, 5.41) is 19.8. The summed E-state index contributed by atoms with van der Waals surface area (Å²) in [5.41, 5.74) is 9.67. The third-order valence-corrected chi connectivity index (χ3v) is 4.13. The Hall–Kier alpha value is -2.12. The van der Waals surface area contributed by atoms with Gasteiger partial charge in [0.1, 0.15) is 5.60 Å². The number of carbonyl (C=O) groups excluding carboxylic acids is 1. The lowest BCUT2D eigenvalue weighted by Crippen LogP contribution is -2.55. The van der Waals surface area contributed by atoms with Crippen LogP contribution in [0.2, 0.25) is 0 Å². The first kappa shape index (κ1) is 18.9. The minimum atomic E-state index is -1.22. The van der Waals surface area contributed by atoms with Gasteiger partial charge in [-0.3, -0.25) is 5.43 Å². The molecule has 6 N–H and O–H groups in total. The number of nitrogens with two attached hydrogens (primary N) is 1. The van der Waals surface area contributed by atoms with Crippen LogP contribution in [0.4, 0.5) is 4.79 Å². The van der Waals surface area contributed by atoms with Crippen molar-refractivity contribution < 1.29 is 19.8 Å². The second-order valence-corrected chi connectivity index (χ2v) is 6.50. The molecule has 0 fully saturated rings. The van der Waals surface area contributed by atoms with E-state index in [1.165, 1.54) is 0 Å². The van der Waals surface area contributed by atoms with Crippen molar-refractivity contribution in [3.05, 3.63) is 35.5 Å². The van der Waals surface area contributed by atoms with Gasteiger partial charge in [-0.15, -0.1) is 0 Å². The Kier molecular flexibility index (Phi) is 5.74. The van der Waals surface area contributed by atoms with Crippen LogP contribution in [0.25, 0.3) is 0 Å². The maximum Gasteiger partial charge on any atom is 0.328 e. The monoisotopic (exact) mass is 323 g/mol. The van der Waals surface area contributed by atoms with Gasteiger partial charge in [-0.25, -0.2) is 15.0 Å². The zero-order valence-corrected chi connectivity index (χ0v) is 13.9. The summed E-state index contributed by atoms with van der Waals surface area (Å²) < 4.78 is 0. The van der Waals surface area contributed by atoms with Gasteiger partial charge in [0, 0.05) is 17.5 Å². The summed E-state index contributed by atoms with van der Waals surface area (Å²) in [7, 11) is 0. The highest BCUT2D eigenvalue weighted by Crippen LogP contribution is 2.45. The fourth-order valence-corrected chi connectivity index (χ4v) is 2.84. The topological polar surface area (TPSA) is 125 Å². The summed E-state index contributed by atoms with van der Waals surface area (Å²) in [5.74, 6) is -1.03. The van der Waals surface area contributed by atoms with E-state index in [2.05, 4.69) is 10.9 Å². The maximum atomic E-state index is 11.1. The van der Waals surface area contributed by atoms with E-state index in [0.717, 1.165) is 6.08 Å². The molecule has 23 heavy (non-hydrogen) atoms. The van der Waals surface area contributed by atoms with Gasteiger partial charge in [0.15, 0.2) is 0 Å². The van der Waals surface area contributed by atoms with Crippen LogP contribution in [0.3, 0.4) is 0 Å². The number of rotatable bonds is 5. The van der Waals surface area contributed by atoms with Gasteiger partial charge in [-0.2, -0.15) is 0 Å². The average Bonchev–Trinajstić information content (AvgIpc) is 2.39. The predicted octanol–water partition coefficient (Wildman–Crippen LogP) is 1.22. The van der Waals surface area contributed by atoms with Crippen LogP contribution in [-0.4, -0.2) is 33.9 Å². The lowest BCUT2D eigenvalue weighted by molar-refractivity contribution is -0.131. The molecule has 1 rings (SSSR count). The highest BCUT2D eigenvalue weighted by atomic mass is 16.4. The van der Waals surface area contributed by atoms with E-state index >= 15 is 0 Å². The van der Waals surface area contributed by atoms with E-state index in [1.54, 1.807) is 26.0 Å². The van der Waals surface area contributed by atoms with E-state index in [9.17, 15) is 14.7 Å². The van der Waals surface area contributed by atoms with E-state index < -0.39 is 23.0 Å². The molecule has 2 unspecified atom stereocenters. The summed E-state index contributed by atoms with van der Waals surface area (Å²) in [4.78, 5) is 21.5. The highest BCUT2D eigenvalue weighted by Gasteiger charge is 2.46. The number of carboxylic acids is 1. The molecule has 0 saturated carbocycles. The Balaban J connectivity index is 3.05. The van der Waals surface area contributed by atoms with Gasteiger partial charge in [-0.05, 0) is 37.5 Å². The van der Waals surface area contributed by atoms with E-state index in [-0.39, 0.29) is 6.04 Å². The van der Waals surface area contributed by atoms with Gasteiger partial charge in [0.05, 0.1) is 0 Å². The third-order valence-electron chi connectivity index (χ3n) is 4.13. The number of allylic oxidation sites excluding steroid dienone is 2. The van der Waals surface area contributed by atoms with E-state index in [1.807, 2.05) is 19.9 Å². The Morgan fingerprint density at radius 1 is 1.43 bits per heavy atom. The van der Waals surface area contributed by atoms with Crippen molar-refractivity contribution in [1.29, 1.82) is 0 Å². The summed E-state index contributed by atoms with van der Waals surface area (Å²) in [6, 6.07) is -0.842. The SMILES string of the molecule is CC1=CC(NNC(N)=O)CC(C)(C)C1(O)/C=C/C(C)=C/C(=O)O. The van der Waals surface area contributed by atoms with Crippen LogP contribution in [0.1, 0.15) is 34.1 Å². The Morgan fingerprint density at radius 2 is 2.04 bits per heavy atom. The molecule has 128 valence electrons. The molecule has 1 aliphatic carbocycles. The van der Waals surface area contributed by atoms with E-state index in [0.29, 0.717) is 17.6 Å². The number of amides is 2. The number of hydrogen-bond donors (Lipinski definition) is 5. The van der Waals surface area contributed by atoms with E-state index in [4.69, 9.17) is 10.8 Å². The fraction of sp³-hybridized carbons (Fsp3) is 0.500. The van der Waals surface area contributed by atoms with Gasteiger partial charge < -0.3 is 15.9 Å². The van der Waals surface area contributed by atoms with Crippen LogP contribution in [0.5, 0.6) is 0 Å². The molecule has 0 radical (unpaired) electrons. The van der Waals surface area contributed by atoms with Crippen LogP contribution in [0, 0.1) is 5.41 Å². The summed E-state index contributed by atoms with van der Waals surface area (Å²) >= 11 is 0. The van der Waals surface area contributed by atoms with Gasteiger partial charge >= 0.3 is 12.0 Å². The maximum absolute atomic E-state index is 11.1. The van der Waals surface area contributed by atoms with Crippen molar-refractivity contribution in [2.24, 2.45) is 11.1 Å². The van der Waals surface area contributed by atoms with Crippen LogP contribution < -0.4 is 16.6 Å². The molecule has 0 aliphatic heterocycles. The number of hydrogen-bond acceptors (Lipinski definition) is 4. The Morgan fingerprint density at radius 3 is 2.52 bits per heavy atom. The number of nitrogens with one attached hydrogen (secondary N) is 2. The standard InChI is InChI=1S/C16H25N3O4/c1-10(7-13(20)21)5-6-16(23)11(2)8-12(9-15(16,3)4)18-19-14(17)22/h5-8,12,18,23H,9H2,1-4H3,(H,20,21)(H3,17,19,22)/b6-5+,10-7+. The number of aliphatic hydroxyl groups is 1. The number of urea groups is 1. The molecule has 0 aromatic carbocycles. The van der Waals surface area contributed by atoms with Crippen LogP contribution in [0.15, 0.2) is 35.5 Å². The molecular weight excluding hydrogens is 298 g/mol. The molecular formula is C16H25N3O4. The second kappa shape index (κ2) is 6.97. The molecule has 1 aliphatic rings. The molecule has 2 amide bonds. The highest BCUT2D eigenvalue weighted by molar-refractivity contribution is 5.81. The fourth-order valence-electron chi connectivity index (χ4n) is 2.84. The van der Waals surface area contributed by atoms with Crippen LogP contribution in [-0.2, 0) is 4.79 Å². The number of primary amides is 1. The number of aliphatic carboxylic acids is 1. The average molecular weight is 323 g/mol. The lowest BCUT2D eigenvalue weighted by atomic mass is 9.63. The first-order valence-corrected chi connectivity index (χ1v) is 7.30. The molecule has 0 heterocycles. The summed E-state index contributed by atoms with van der Waals surface area (Å²) in [6.45, 7) is 7.26. The Bertz CT molecular complexity index is 578. The Labute approximate surface area is 135 Å². The molecule has 7 heteroatoms. The van der Waals surface area contributed by atoms with Crippen molar-refractivity contribution in [3.63, 3.8) is 0 Å². The molecule has 0 saturated heterocycles. The number of carboxylic acid groups (broad SMARTS) is 1. The first-order chi connectivity index (χ1) is 10.5. The predicted molar refractivity (Wildman–Crippen MR) is 87.3 cm³/mol. The van der Waals surface area contributed by atoms with Crippen molar-refractivity contribution in [1.82, 2.24) is 10.9 Å². The molecule has 0 bridgehead atoms. The first-order valence-electron chi connectivity index (χ1n) is 7.30. The quantitative estimate of drug-likeness (QED) is 0.225. The van der Waals surface area contributed by atoms with Crippen molar-refractivity contribution >= 4 is 12.0 Å². The molecule has 0 aromatic rings. The largest absolute Gasteiger partial charge is 0.478 e. The van der Waals surface area contributed by atoms with Crippen LogP contribution >= 0.6 is 0 Å². The third kappa shape index (κ3) is 4.67. The smallest absolute Gasteiger partial charge is 0.328 e. The number of carbonyl (C=O) groups is 2. The van der Waals surface area contributed by atoms with Crippen molar-refractivity contribution in [3.8, 4) is 0 Å². The number of hydrazine groups is 1. The molecule has 7 nitrogen and oxygen atoms in total. The lowest BCUT2D eigenvalue weighted by Gasteiger charge is -2.47. The second-order valence-electron chi connectivity index (χ2n) is 6.50. The minimum absolute atomic E-state index is 0.165. The van der Waals surface area contributed by atoms with Gasteiger partial charge in [0.2, 0.25) is 0 Å². The van der Waals surface area contributed by atoms with Gasteiger partial charge in [0.25, 0.3) is 0 Å². The molecule has 2 atom stereocenters. The summed E-state index contributed by atoms with van der Waals surface area (Å²) in [6.07, 6.45) is 6.67. The zero-order valence-electron chi connectivity index (χ0n) is 13.9. The normalized spacial score (nSPS) is 27.6. The van der Waals surface area contributed by atoms with Crippen molar-refractivity contribution in [2.45, 2.75) is 45.8 Å². The van der Waals surface area contributed by atoms with Crippen molar-refractivity contribution in [2.75, 3.05) is 0 Å². The minimum Gasteiger partial charge on any atom is -0.478 e. The zero-order chi connectivity index (χ0) is 17.8. The molecule has 0 spiro atoms. The molecule has 0 aromatic heterocycles. The van der Waals surface area contributed by atoms with Gasteiger partial charge in [-0.1, -0.05) is 26.0 Å².